The molecular weight excluding hydrogens is 985 g/mol. The summed E-state index contributed by atoms with van der Waals surface area (Å²) in [6.07, 6.45) is 90.6. The van der Waals surface area contributed by atoms with E-state index in [2.05, 4.69) is 106 Å². The first-order valence-electron chi connectivity index (χ1n) is 34.6. The molecule has 0 aromatic rings. The van der Waals surface area contributed by atoms with Crippen molar-refractivity contribution in [2.45, 2.75) is 354 Å². The minimum atomic E-state index is -0.813. The normalized spacial score (nSPS) is 12.6. The molecule has 0 rings (SSSR count). The van der Waals surface area contributed by atoms with Crippen molar-refractivity contribution < 1.29 is 28.6 Å². The fraction of sp³-hybridized carbons (Fsp3) is 0.770. The highest BCUT2D eigenvalue weighted by atomic mass is 16.6. The lowest BCUT2D eigenvalue weighted by atomic mass is 10.0. The van der Waals surface area contributed by atoms with Crippen molar-refractivity contribution in [1.29, 1.82) is 0 Å². The Morgan fingerprint density at radius 2 is 0.500 bits per heavy atom. The van der Waals surface area contributed by atoms with Crippen molar-refractivity contribution in [2.75, 3.05) is 13.2 Å². The lowest BCUT2D eigenvalue weighted by Crippen LogP contribution is -2.30. The quantitative estimate of drug-likeness (QED) is 0.0261. The Bertz CT molecular complexity index is 1520. The fourth-order valence-corrected chi connectivity index (χ4v) is 9.98. The monoisotopic (exact) mass is 1110 g/mol. The minimum absolute atomic E-state index is 0.101. The van der Waals surface area contributed by atoms with E-state index >= 15 is 0 Å². The predicted octanol–water partition coefficient (Wildman–Crippen LogP) is 23.8. The van der Waals surface area contributed by atoms with Crippen molar-refractivity contribution in [1.82, 2.24) is 0 Å². The Hall–Kier alpha value is -3.41. The summed E-state index contributed by atoms with van der Waals surface area (Å²) < 4.78 is 16.9. The number of hydrogen-bond donors (Lipinski definition) is 0. The van der Waals surface area contributed by atoms with Gasteiger partial charge in [0, 0.05) is 19.3 Å². The molecule has 0 spiro atoms. The molecule has 0 aromatic heterocycles. The molecule has 0 N–H and O–H groups in total. The summed E-state index contributed by atoms with van der Waals surface area (Å²) in [7, 11) is 0. The third-order valence-corrected chi connectivity index (χ3v) is 15.1. The molecule has 0 amide bonds. The molecule has 6 heteroatoms. The average molecular weight is 1120 g/mol. The molecule has 0 aliphatic carbocycles. The van der Waals surface area contributed by atoms with Gasteiger partial charge in [-0.05, 0) is 89.9 Å². The molecule has 462 valence electrons. The molecule has 0 bridgehead atoms. The van der Waals surface area contributed by atoms with Crippen molar-refractivity contribution in [3.8, 4) is 0 Å². The predicted molar refractivity (Wildman–Crippen MR) is 348 cm³/mol. The number of ether oxygens (including phenoxy) is 3. The molecule has 6 nitrogen and oxygen atoms in total. The van der Waals surface area contributed by atoms with Gasteiger partial charge in [-0.25, -0.2) is 0 Å². The second-order valence-corrected chi connectivity index (χ2v) is 23.1. The van der Waals surface area contributed by atoms with E-state index in [4.69, 9.17) is 14.2 Å². The second-order valence-electron chi connectivity index (χ2n) is 23.1. The Kier molecular flexibility index (Phi) is 65.2. The van der Waals surface area contributed by atoms with Crippen LogP contribution in [0.3, 0.4) is 0 Å². The van der Waals surface area contributed by atoms with Crippen molar-refractivity contribution in [2.24, 2.45) is 0 Å². The first-order valence-corrected chi connectivity index (χ1v) is 34.6. The molecule has 1 unspecified atom stereocenters. The number of allylic oxidation sites excluding steroid dienone is 14. The second kappa shape index (κ2) is 68.1. The molecule has 0 fully saturated rings. The van der Waals surface area contributed by atoms with E-state index in [1.165, 1.54) is 199 Å². The van der Waals surface area contributed by atoms with Gasteiger partial charge < -0.3 is 14.2 Å². The molecule has 0 aliphatic rings. The minimum Gasteiger partial charge on any atom is -0.462 e. The standard InChI is InChI=1S/C74H130O6/c1-4-7-10-13-16-19-22-25-28-31-32-33-34-35-36-37-38-39-40-41-42-44-46-49-52-55-58-61-64-67-73(76)79-70-71(69-78-72(75)66-63-60-57-54-51-48-45-30-27-24-21-18-15-12-9-6-3)80-74(77)68-65-62-59-56-53-50-47-43-29-26-23-20-17-14-11-8-5-2/h8,11,17,20-21,24,26,29-30,45,47,50,56,59,71H,4-7,9-10,12-16,18-19,22-23,25,27-28,31-44,46,48-49,51-55,57-58,60-70H2,1-3H3/b11-8-,20-17-,24-21-,29-26-,45-30-,50-47-,59-56-. The van der Waals surface area contributed by atoms with Gasteiger partial charge in [0.1, 0.15) is 13.2 Å². The van der Waals surface area contributed by atoms with Gasteiger partial charge in [0.05, 0.1) is 0 Å². The van der Waals surface area contributed by atoms with Crippen molar-refractivity contribution >= 4 is 17.9 Å². The van der Waals surface area contributed by atoms with E-state index in [-0.39, 0.29) is 37.5 Å². The van der Waals surface area contributed by atoms with Crippen LogP contribution in [0.4, 0.5) is 0 Å². The summed E-state index contributed by atoms with van der Waals surface area (Å²) in [6.45, 7) is 6.50. The number of unbranched alkanes of at least 4 members (excludes halogenated alkanes) is 38. The molecule has 0 saturated carbocycles. The van der Waals surface area contributed by atoms with Gasteiger partial charge in [-0.1, -0.05) is 324 Å². The molecule has 1 atom stereocenters. The first kappa shape index (κ1) is 76.6. The van der Waals surface area contributed by atoms with E-state index < -0.39 is 6.10 Å². The summed E-state index contributed by atoms with van der Waals surface area (Å²) in [5.41, 5.74) is 0. The van der Waals surface area contributed by atoms with Crippen LogP contribution in [0.2, 0.25) is 0 Å². The Morgan fingerprint density at radius 3 is 0.812 bits per heavy atom. The van der Waals surface area contributed by atoms with Crippen LogP contribution in [0.25, 0.3) is 0 Å². The van der Waals surface area contributed by atoms with E-state index in [9.17, 15) is 14.4 Å². The number of carbonyl (C=O) groups excluding carboxylic acids is 3. The summed E-state index contributed by atoms with van der Waals surface area (Å²) in [4.78, 5) is 38.3. The molecule has 0 aliphatic heterocycles. The summed E-state index contributed by atoms with van der Waals surface area (Å²) in [5, 5.41) is 0. The largest absolute Gasteiger partial charge is 0.462 e. The van der Waals surface area contributed by atoms with Crippen LogP contribution in [0.5, 0.6) is 0 Å². The van der Waals surface area contributed by atoms with Gasteiger partial charge in [-0.2, -0.15) is 0 Å². The van der Waals surface area contributed by atoms with Crippen molar-refractivity contribution in [3.05, 3.63) is 85.1 Å². The van der Waals surface area contributed by atoms with Crippen LogP contribution in [0.15, 0.2) is 85.1 Å². The molecule has 0 heterocycles. The average Bonchev–Trinajstić information content (AvgIpc) is 3.46. The highest BCUT2D eigenvalue weighted by molar-refractivity contribution is 5.71. The third kappa shape index (κ3) is 65.4. The molecule has 0 aromatic carbocycles. The lowest BCUT2D eigenvalue weighted by Gasteiger charge is -2.18. The van der Waals surface area contributed by atoms with Gasteiger partial charge in [-0.15, -0.1) is 0 Å². The fourth-order valence-electron chi connectivity index (χ4n) is 9.98. The Morgan fingerprint density at radius 1 is 0.263 bits per heavy atom. The molecular formula is C74H130O6. The van der Waals surface area contributed by atoms with Gasteiger partial charge in [0.15, 0.2) is 6.10 Å². The number of esters is 3. The number of rotatable bonds is 63. The van der Waals surface area contributed by atoms with Crippen LogP contribution in [-0.2, 0) is 28.6 Å². The molecule has 0 radical (unpaired) electrons. The smallest absolute Gasteiger partial charge is 0.306 e. The highest BCUT2D eigenvalue weighted by Gasteiger charge is 2.19. The summed E-state index contributed by atoms with van der Waals surface area (Å²) in [6, 6.07) is 0. The maximum absolute atomic E-state index is 12.9. The van der Waals surface area contributed by atoms with Crippen LogP contribution < -0.4 is 0 Å². The zero-order chi connectivity index (χ0) is 57.8. The van der Waals surface area contributed by atoms with Gasteiger partial charge >= 0.3 is 17.9 Å². The molecule has 0 saturated heterocycles. The van der Waals surface area contributed by atoms with Gasteiger partial charge in [0.2, 0.25) is 0 Å². The Labute approximate surface area is 496 Å². The maximum atomic E-state index is 12.9. The maximum Gasteiger partial charge on any atom is 0.306 e. The van der Waals surface area contributed by atoms with Crippen LogP contribution >= 0.6 is 0 Å². The first-order chi connectivity index (χ1) is 39.5. The van der Waals surface area contributed by atoms with E-state index in [1.807, 2.05) is 0 Å². The van der Waals surface area contributed by atoms with E-state index in [0.717, 1.165) is 103 Å². The van der Waals surface area contributed by atoms with Gasteiger partial charge in [0.25, 0.3) is 0 Å². The Balaban J connectivity index is 4.29. The van der Waals surface area contributed by atoms with E-state index in [1.54, 1.807) is 0 Å². The van der Waals surface area contributed by atoms with E-state index in [0.29, 0.717) is 19.3 Å². The zero-order valence-corrected chi connectivity index (χ0v) is 53.1. The SMILES string of the molecule is CC/C=C\C/C=C\C/C=C\C/C=C\C/C=C\CCCC(=O)OC(COC(=O)CCCCCCC/C=C\C/C=C\CCCCCC)COC(=O)CCCCCCCCCCCCCCCCCCCCCCCCCCCCCCC. The number of carbonyl (C=O) groups is 3. The topological polar surface area (TPSA) is 78.9 Å². The highest BCUT2D eigenvalue weighted by Crippen LogP contribution is 2.18. The van der Waals surface area contributed by atoms with Crippen LogP contribution in [-0.4, -0.2) is 37.2 Å². The molecule has 80 heavy (non-hydrogen) atoms. The summed E-state index contributed by atoms with van der Waals surface area (Å²) >= 11 is 0. The van der Waals surface area contributed by atoms with Crippen LogP contribution in [0, 0.1) is 0 Å². The lowest BCUT2D eigenvalue weighted by molar-refractivity contribution is -0.167. The van der Waals surface area contributed by atoms with Gasteiger partial charge in [-0.3, -0.25) is 14.4 Å². The van der Waals surface area contributed by atoms with Crippen LogP contribution in [0.1, 0.15) is 348 Å². The zero-order valence-electron chi connectivity index (χ0n) is 53.1. The van der Waals surface area contributed by atoms with Crippen molar-refractivity contribution in [3.63, 3.8) is 0 Å². The number of hydrogen-bond acceptors (Lipinski definition) is 6. The third-order valence-electron chi connectivity index (χ3n) is 15.1. The summed E-state index contributed by atoms with van der Waals surface area (Å²) in [5.74, 6) is -0.959.